The van der Waals surface area contributed by atoms with Crippen molar-refractivity contribution in [2.75, 3.05) is 0 Å². The molecule has 0 aromatic rings. The number of nitrogens with one attached hydrogen (secondary N) is 1. The highest BCUT2D eigenvalue weighted by atomic mass is 32.2. The smallest absolute Gasteiger partial charge is 0.321 e. The van der Waals surface area contributed by atoms with E-state index < -0.39 is 18.1 Å². The van der Waals surface area contributed by atoms with Crippen molar-refractivity contribution in [3.8, 4) is 0 Å². The Morgan fingerprint density at radius 1 is 1.62 bits per heavy atom. The molecule has 0 saturated heterocycles. The second-order valence-corrected chi connectivity index (χ2v) is 3.46. The molecule has 13 heavy (non-hydrogen) atoms. The Labute approximate surface area is 81.2 Å². The van der Waals surface area contributed by atoms with Gasteiger partial charge in [-0.1, -0.05) is 6.92 Å². The van der Waals surface area contributed by atoms with Crippen LogP contribution in [0.1, 0.15) is 20.3 Å². The van der Waals surface area contributed by atoms with E-state index in [1.165, 1.54) is 6.92 Å². The van der Waals surface area contributed by atoms with Crippen molar-refractivity contribution in [2.45, 2.75) is 32.4 Å². The van der Waals surface area contributed by atoms with Crippen LogP contribution in [0.2, 0.25) is 0 Å². The summed E-state index contributed by atoms with van der Waals surface area (Å²) in [4.78, 5) is 21.4. The number of rotatable bonds is 5. The van der Waals surface area contributed by atoms with Gasteiger partial charge in [0.1, 0.15) is 6.04 Å². The van der Waals surface area contributed by atoms with E-state index in [9.17, 15) is 9.59 Å². The van der Waals surface area contributed by atoms with Crippen LogP contribution in [-0.2, 0) is 9.59 Å². The normalized spacial score (nSPS) is 15.0. The first-order chi connectivity index (χ1) is 5.99. The molecule has 4 N–H and O–H groups in total. The Morgan fingerprint density at radius 2 is 2.15 bits per heavy atom. The minimum absolute atomic E-state index is 0.240. The fourth-order valence-electron chi connectivity index (χ4n) is 0.439. The van der Waals surface area contributed by atoms with Crippen LogP contribution >= 0.6 is 11.9 Å². The van der Waals surface area contributed by atoms with Crippen molar-refractivity contribution in [2.24, 2.45) is 5.73 Å². The quantitative estimate of drug-likeness (QED) is 0.547. The molecule has 6 heteroatoms. The molecule has 0 aliphatic carbocycles. The summed E-state index contributed by atoms with van der Waals surface area (Å²) < 4.78 is 2.48. The molecule has 0 fully saturated rings. The number of hydrogen-bond donors (Lipinski definition) is 3. The van der Waals surface area contributed by atoms with Gasteiger partial charge in [-0.2, -0.15) is 0 Å². The minimum Gasteiger partial charge on any atom is -0.480 e. The van der Waals surface area contributed by atoms with E-state index in [2.05, 4.69) is 4.72 Å². The fourth-order valence-corrected chi connectivity index (χ4v) is 1.15. The predicted molar refractivity (Wildman–Crippen MR) is 51.1 cm³/mol. The summed E-state index contributed by atoms with van der Waals surface area (Å²) in [5.41, 5.74) is 5.42. The van der Waals surface area contributed by atoms with Gasteiger partial charge in [-0.3, -0.25) is 9.59 Å². The Kier molecular flexibility index (Phi) is 5.68. The number of carbonyl (C=O) groups is 2. The molecule has 76 valence electrons. The third-order valence-electron chi connectivity index (χ3n) is 1.45. The summed E-state index contributed by atoms with van der Waals surface area (Å²) in [7, 11) is 0. The highest BCUT2D eigenvalue weighted by Crippen LogP contribution is 2.03. The van der Waals surface area contributed by atoms with Crippen LogP contribution in [0, 0.1) is 0 Å². The molecule has 0 aliphatic rings. The molecule has 0 heterocycles. The molecule has 0 unspecified atom stereocenters. The van der Waals surface area contributed by atoms with Crippen LogP contribution in [0.3, 0.4) is 0 Å². The van der Waals surface area contributed by atoms with Gasteiger partial charge >= 0.3 is 5.97 Å². The van der Waals surface area contributed by atoms with E-state index in [-0.39, 0.29) is 5.12 Å². The average Bonchev–Trinajstić information content (AvgIpc) is 2.11. The highest BCUT2D eigenvalue weighted by Gasteiger charge is 2.16. The van der Waals surface area contributed by atoms with Gasteiger partial charge in [-0.25, -0.2) is 4.72 Å². The van der Waals surface area contributed by atoms with Gasteiger partial charge in [0, 0.05) is 0 Å². The molecule has 0 radical (unpaired) electrons. The molecule has 0 aliphatic heterocycles. The standard InChI is InChI=1S/C7H14N2O3S/c1-3-5(8)7(12)13-9-4(2)6(10)11/h4-5,9H,3,8H2,1-2H3,(H,10,11)/t4-,5-/m0/s1. The number of carboxylic acid groups (broad SMARTS) is 1. The summed E-state index contributed by atoms with van der Waals surface area (Å²) in [5, 5.41) is 8.23. The van der Waals surface area contributed by atoms with Gasteiger partial charge in [-0.15, -0.1) is 0 Å². The largest absolute Gasteiger partial charge is 0.480 e. The van der Waals surface area contributed by atoms with E-state index in [1.54, 1.807) is 6.92 Å². The minimum atomic E-state index is -0.995. The first-order valence-electron chi connectivity index (χ1n) is 3.93. The number of carboxylic acids is 1. The van der Waals surface area contributed by atoms with Gasteiger partial charge in [-0.05, 0) is 25.3 Å². The van der Waals surface area contributed by atoms with Crippen LogP contribution in [0.25, 0.3) is 0 Å². The van der Waals surface area contributed by atoms with Crippen molar-refractivity contribution in [3.05, 3.63) is 0 Å². The predicted octanol–water partition coefficient (Wildman–Crippen LogP) is -0.0388. The Bertz CT molecular complexity index is 198. The first kappa shape index (κ1) is 12.4. The number of nitrogens with two attached hydrogens (primary N) is 1. The molecule has 0 aromatic carbocycles. The number of aliphatic carboxylic acids is 1. The van der Waals surface area contributed by atoms with E-state index in [0.717, 1.165) is 11.9 Å². The van der Waals surface area contributed by atoms with Gasteiger partial charge in [0.2, 0.25) is 5.12 Å². The number of carbonyl (C=O) groups excluding carboxylic acids is 1. The Hall–Kier alpha value is -0.590. The molecule has 0 saturated carbocycles. The van der Waals surface area contributed by atoms with Gasteiger partial charge < -0.3 is 10.8 Å². The summed E-state index contributed by atoms with van der Waals surface area (Å²) in [5.74, 6) is -0.995. The van der Waals surface area contributed by atoms with Crippen molar-refractivity contribution in [3.63, 3.8) is 0 Å². The summed E-state index contributed by atoms with van der Waals surface area (Å²) >= 11 is 0.751. The summed E-state index contributed by atoms with van der Waals surface area (Å²) in [6.07, 6.45) is 0.551. The Morgan fingerprint density at radius 3 is 2.54 bits per heavy atom. The third-order valence-corrected chi connectivity index (χ3v) is 2.42. The number of hydrogen-bond acceptors (Lipinski definition) is 5. The lowest BCUT2D eigenvalue weighted by Gasteiger charge is -2.09. The average molecular weight is 206 g/mol. The van der Waals surface area contributed by atoms with Crippen LogP contribution in [0.5, 0.6) is 0 Å². The molecule has 0 spiro atoms. The van der Waals surface area contributed by atoms with Crippen LogP contribution in [0.4, 0.5) is 0 Å². The zero-order valence-electron chi connectivity index (χ0n) is 7.61. The van der Waals surface area contributed by atoms with E-state index in [1.807, 2.05) is 0 Å². The zero-order chi connectivity index (χ0) is 10.4. The Balaban J connectivity index is 3.76. The maximum atomic E-state index is 11.1. The fraction of sp³-hybridized carbons (Fsp3) is 0.714. The second kappa shape index (κ2) is 5.95. The second-order valence-electron chi connectivity index (χ2n) is 2.61. The third kappa shape index (κ3) is 4.87. The van der Waals surface area contributed by atoms with E-state index >= 15 is 0 Å². The molecule has 0 rings (SSSR count). The van der Waals surface area contributed by atoms with Gasteiger partial charge in [0.15, 0.2) is 0 Å². The lowest BCUT2D eigenvalue weighted by molar-refractivity contribution is -0.138. The van der Waals surface area contributed by atoms with Gasteiger partial charge in [0.05, 0.1) is 6.04 Å². The lowest BCUT2D eigenvalue weighted by atomic mass is 10.3. The molecular formula is C7H14N2O3S. The maximum Gasteiger partial charge on any atom is 0.321 e. The monoisotopic (exact) mass is 206 g/mol. The van der Waals surface area contributed by atoms with Crippen LogP contribution in [0.15, 0.2) is 0 Å². The van der Waals surface area contributed by atoms with Crippen molar-refractivity contribution in [1.82, 2.24) is 4.72 Å². The molecular weight excluding hydrogens is 192 g/mol. The van der Waals surface area contributed by atoms with Crippen LogP contribution < -0.4 is 10.5 Å². The van der Waals surface area contributed by atoms with E-state index in [4.69, 9.17) is 10.8 Å². The zero-order valence-corrected chi connectivity index (χ0v) is 8.43. The molecule has 0 aromatic heterocycles. The summed E-state index contributed by atoms with van der Waals surface area (Å²) in [6, 6.07) is -1.28. The maximum absolute atomic E-state index is 11.1. The molecule has 0 bridgehead atoms. The molecule has 2 atom stereocenters. The highest BCUT2D eigenvalue weighted by molar-refractivity contribution is 8.12. The van der Waals surface area contributed by atoms with Crippen molar-refractivity contribution < 1.29 is 14.7 Å². The first-order valence-corrected chi connectivity index (χ1v) is 4.75. The SMILES string of the molecule is CC[C@H](N)C(=O)SN[C@@H](C)C(=O)O. The molecule has 5 nitrogen and oxygen atoms in total. The van der Waals surface area contributed by atoms with Gasteiger partial charge in [0.25, 0.3) is 0 Å². The van der Waals surface area contributed by atoms with E-state index in [0.29, 0.717) is 6.42 Å². The summed E-state index contributed by atoms with van der Waals surface area (Å²) in [6.45, 7) is 3.25. The van der Waals surface area contributed by atoms with Crippen molar-refractivity contribution in [1.29, 1.82) is 0 Å². The molecule has 0 amide bonds. The lowest BCUT2D eigenvalue weighted by Crippen LogP contribution is -2.34. The van der Waals surface area contributed by atoms with Crippen molar-refractivity contribution >= 4 is 23.0 Å². The van der Waals surface area contributed by atoms with Crippen LogP contribution in [-0.4, -0.2) is 28.3 Å². The topological polar surface area (TPSA) is 92.4 Å².